The fraction of sp³-hybridized carbons (Fsp3) is 0. The average molecular weight is 355 g/mol. The van der Waals surface area contributed by atoms with E-state index in [1.807, 2.05) is 0 Å². The largest absolute Gasteiger partial charge is 0.266 e. The monoisotopic (exact) mass is 354 g/mol. The van der Waals surface area contributed by atoms with Gasteiger partial charge in [-0.1, -0.05) is 0 Å². The second-order valence-corrected chi connectivity index (χ2v) is 6.40. The summed E-state index contributed by atoms with van der Waals surface area (Å²) in [6.45, 7) is 0. The van der Waals surface area contributed by atoms with E-state index in [-0.39, 0.29) is 10.3 Å². The van der Waals surface area contributed by atoms with Gasteiger partial charge in [-0.2, -0.15) is 0 Å². The molecule has 1 N–H and O–H groups in total. The molecule has 0 aliphatic carbocycles. The first-order chi connectivity index (χ1) is 8.40. The Morgan fingerprint density at radius 1 is 1.28 bits per heavy atom. The molecule has 1 aromatic carbocycles. The van der Waals surface area contributed by atoms with Gasteiger partial charge >= 0.3 is 0 Å². The molecule has 0 amide bonds. The van der Waals surface area contributed by atoms with E-state index in [1.54, 1.807) is 0 Å². The Labute approximate surface area is 114 Å². The molecular weight excluding hydrogens is 350 g/mol. The summed E-state index contributed by atoms with van der Waals surface area (Å²) in [7, 11) is -4.13. The normalized spacial score (nSPS) is 11.5. The highest BCUT2D eigenvalue weighted by molar-refractivity contribution is 9.10. The molecule has 9 heteroatoms. The van der Waals surface area contributed by atoms with Crippen molar-refractivity contribution in [1.82, 2.24) is 4.98 Å². The van der Waals surface area contributed by atoms with Gasteiger partial charge in [0.1, 0.15) is 16.5 Å². The molecular formula is C9H5BrF2N2O2S2. The summed E-state index contributed by atoms with van der Waals surface area (Å²) in [4.78, 5) is 3.07. The predicted octanol–water partition coefficient (Wildman–Crippen LogP) is 2.98. The minimum absolute atomic E-state index is 0.0832. The van der Waals surface area contributed by atoms with Crippen molar-refractivity contribution in [3.05, 3.63) is 39.1 Å². The molecule has 0 aliphatic heterocycles. The van der Waals surface area contributed by atoms with Crippen LogP contribution >= 0.6 is 27.3 Å². The third-order valence-electron chi connectivity index (χ3n) is 1.94. The molecule has 0 aliphatic rings. The Balaban J connectivity index is 2.44. The summed E-state index contributed by atoms with van der Waals surface area (Å²) in [5, 5.41) is 1.45. The Bertz CT molecular complexity index is 674. The zero-order valence-electron chi connectivity index (χ0n) is 8.52. The first kappa shape index (κ1) is 13.4. The Morgan fingerprint density at radius 3 is 2.61 bits per heavy atom. The Kier molecular flexibility index (Phi) is 3.64. The van der Waals surface area contributed by atoms with Gasteiger partial charge in [-0.05, 0) is 22.0 Å². The number of hydrogen-bond donors (Lipinski definition) is 1. The third kappa shape index (κ3) is 2.68. The van der Waals surface area contributed by atoms with E-state index in [9.17, 15) is 17.2 Å². The van der Waals surface area contributed by atoms with Crippen LogP contribution in [-0.2, 0) is 10.0 Å². The summed E-state index contributed by atoms with van der Waals surface area (Å²) in [6.07, 6.45) is 0. The van der Waals surface area contributed by atoms with E-state index >= 15 is 0 Å². The highest BCUT2D eigenvalue weighted by atomic mass is 79.9. The van der Waals surface area contributed by atoms with Crippen LogP contribution in [0.15, 0.2) is 32.4 Å². The second-order valence-electron chi connectivity index (χ2n) is 3.18. The van der Waals surface area contributed by atoms with E-state index in [0.717, 1.165) is 6.07 Å². The summed E-state index contributed by atoms with van der Waals surface area (Å²) >= 11 is 3.99. The Hall–Kier alpha value is -1.06. The van der Waals surface area contributed by atoms with Crippen LogP contribution in [0.5, 0.6) is 0 Å². The first-order valence-electron chi connectivity index (χ1n) is 4.46. The van der Waals surface area contributed by atoms with Crippen molar-refractivity contribution >= 4 is 43.1 Å². The lowest BCUT2D eigenvalue weighted by Gasteiger charge is -2.07. The van der Waals surface area contributed by atoms with Gasteiger partial charge in [0.25, 0.3) is 10.0 Å². The van der Waals surface area contributed by atoms with E-state index in [4.69, 9.17) is 0 Å². The maximum absolute atomic E-state index is 13.5. The van der Waals surface area contributed by atoms with Gasteiger partial charge in [-0.15, -0.1) is 11.3 Å². The molecule has 0 saturated carbocycles. The minimum Gasteiger partial charge on any atom is -0.263 e. The maximum atomic E-state index is 13.5. The van der Waals surface area contributed by atoms with E-state index in [1.165, 1.54) is 22.2 Å². The molecule has 1 heterocycles. The number of sulfonamides is 1. The third-order valence-corrected chi connectivity index (χ3v) is 4.50. The van der Waals surface area contributed by atoms with Crippen molar-refractivity contribution < 1.29 is 17.2 Å². The summed E-state index contributed by atoms with van der Waals surface area (Å²) in [6, 6.07) is 1.36. The number of aromatic nitrogens is 1. The van der Waals surface area contributed by atoms with Crippen LogP contribution in [0.1, 0.15) is 0 Å². The highest BCUT2D eigenvalue weighted by Gasteiger charge is 2.22. The molecule has 0 fully saturated rings. The van der Waals surface area contributed by atoms with Crippen LogP contribution in [0.2, 0.25) is 0 Å². The molecule has 0 radical (unpaired) electrons. The van der Waals surface area contributed by atoms with Crippen LogP contribution in [0.3, 0.4) is 0 Å². The van der Waals surface area contributed by atoms with Gasteiger partial charge < -0.3 is 0 Å². The molecule has 0 bridgehead atoms. The van der Waals surface area contributed by atoms with Crippen molar-refractivity contribution in [3.63, 3.8) is 0 Å². The molecule has 0 saturated heterocycles. The molecule has 0 atom stereocenters. The highest BCUT2D eigenvalue weighted by Crippen LogP contribution is 2.25. The number of hydrogen-bond acceptors (Lipinski definition) is 4. The summed E-state index contributed by atoms with van der Waals surface area (Å²) in [5.74, 6) is -1.96. The van der Waals surface area contributed by atoms with Crippen LogP contribution in [0, 0.1) is 11.6 Å². The van der Waals surface area contributed by atoms with Crippen molar-refractivity contribution in [2.45, 2.75) is 4.90 Å². The lowest BCUT2D eigenvalue weighted by molar-refractivity contribution is 0.548. The van der Waals surface area contributed by atoms with Crippen molar-refractivity contribution in [1.29, 1.82) is 0 Å². The number of nitrogens with one attached hydrogen (secondary N) is 1. The molecule has 0 unspecified atom stereocenters. The molecule has 2 rings (SSSR count). The molecule has 4 nitrogen and oxygen atoms in total. The molecule has 1 aromatic heterocycles. The molecule has 2 aromatic rings. The second kappa shape index (κ2) is 4.90. The lowest BCUT2D eigenvalue weighted by atomic mass is 10.3. The standard InChI is InChI=1S/C9H5BrF2N2O2S2/c10-5-1-8(7(12)2-6(5)11)18(15,16)14-9-3-17-4-13-9/h1-4,14H. The van der Waals surface area contributed by atoms with Gasteiger partial charge in [0.15, 0.2) is 5.82 Å². The number of thiazole rings is 1. The quantitative estimate of drug-likeness (QED) is 0.862. The number of nitrogens with zero attached hydrogens (tertiary/aromatic N) is 1. The van der Waals surface area contributed by atoms with Crippen molar-refractivity contribution in [2.75, 3.05) is 4.72 Å². The van der Waals surface area contributed by atoms with Gasteiger partial charge in [-0.3, -0.25) is 4.72 Å². The number of anilines is 1. The maximum Gasteiger partial charge on any atom is 0.266 e. The number of halogens is 3. The first-order valence-corrected chi connectivity index (χ1v) is 7.67. The summed E-state index contributed by atoms with van der Waals surface area (Å²) < 4.78 is 52.1. The molecule has 96 valence electrons. The van der Waals surface area contributed by atoms with Crippen LogP contribution in [0.25, 0.3) is 0 Å². The van der Waals surface area contributed by atoms with Crippen molar-refractivity contribution in [3.8, 4) is 0 Å². The fourth-order valence-corrected chi connectivity index (χ4v) is 3.30. The van der Waals surface area contributed by atoms with Gasteiger partial charge in [-0.25, -0.2) is 22.2 Å². The topological polar surface area (TPSA) is 59.1 Å². The lowest BCUT2D eigenvalue weighted by Crippen LogP contribution is -2.15. The molecule has 18 heavy (non-hydrogen) atoms. The minimum atomic E-state index is -4.13. The average Bonchev–Trinajstić information content (AvgIpc) is 2.75. The molecule has 0 spiro atoms. The Morgan fingerprint density at radius 2 is 2.00 bits per heavy atom. The number of rotatable bonds is 3. The SMILES string of the molecule is O=S(=O)(Nc1cscn1)c1cc(Br)c(F)cc1F. The smallest absolute Gasteiger partial charge is 0.263 e. The van der Waals surface area contributed by atoms with E-state index < -0.39 is 26.6 Å². The predicted molar refractivity (Wildman–Crippen MR) is 67.0 cm³/mol. The zero-order chi connectivity index (χ0) is 13.3. The van der Waals surface area contributed by atoms with Crippen LogP contribution in [0.4, 0.5) is 14.6 Å². The van der Waals surface area contributed by atoms with Gasteiger partial charge in [0.2, 0.25) is 0 Å². The zero-order valence-corrected chi connectivity index (χ0v) is 11.7. The van der Waals surface area contributed by atoms with Crippen LogP contribution in [-0.4, -0.2) is 13.4 Å². The summed E-state index contributed by atoms with van der Waals surface area (Å²) in [5.41, 5.74) is 1.43. The van der Waals surface area contributed by atoms with E-state index in [2.05, 4.69) is 25.6 Å². The van der Waals surface area contributed by atoms with Crippen LogP contribution < -0.4 is 4.72 Å². The van der Waals surface area contributed by atoms with Crippen molar-refractivity contribution in [2.24, 2.45) is 0 Å². The number of benzene rings is 1. The van der Waals surface area contributed by atoms with Gasteiger partial charge in [0.05, 0.1) is 9.98 Å². The van der Waals surface area contributed by atoms with E-state index in [0.29, 0.717) is 6.07 Å². The van der Waals surface area contributed by atoms with Gasteiger partial charge in [0, 0.05) is 11.4 Å². The fourth-order valence-electron chi connectivity index (χ4n) is 1.17.